The van der Waals surface area contributed by atoms with Gasteiger partial charge in [0.2, 0.25) is 0 Å². The summed E-state index contributed by atoms with van der Waals surface area (Å²) in [7, 11) is -2.97. The van der Waals surface area contributed by atoms with Crippen LogP contribution in [-0.2, 0) is 0 Å². The maximum atomic E-state index is 2.56. The summed E-state index contributed by atoms with van der Waals surface area (Å²) in [6.45, 7) is 0. The van der Waals surface area contributed by atoms with Gasteiger partial charge >= 0.3 is 0 Å². The predicted octanol–water partition coefficient (Wildman–Crippen LogP) is 13.2. The molecule has 2 heterocycles. The van der Waals surface area contributed by atoms with Crippen LogP contribution in [0.3, 0.4) is 0 Å². The average Bonchev–Trinajstić information content (AvgIpc) is 3.94. The van der Waals surface area contributed by atoms with Crippen molar-refractivity contribution < 1.29 is 0 Å². The smallest absolute Gasteiger partial charge is 0.179 e. The fourth-order valence-corrected chi connectivity index (χ4v) is 18.1. The molecular weight excluding hydrogens is 819 g/mol. The van der Waals surface area contributed by atoms with Crippen molar-refractivity contribution in [3.63, 3.8) is 0 Å². The Kier molecular flexibility index (Phi) is 8.07. The summed E-state index contributed by atoms with van der Waals surface area (Å²) >= 11 is 1.88. The standard InChI is InChI=1S/C62H41NSSi/c1-3-20-42(21-4-1)65(43-22-5-2-6-23-43,44-24-15-18-40(38-44)46-32-17-35-57-59(46)52-31-12-14-34-56(52)64-57)45-25-16-19-41(39-45)63-54-33-13-11-30-51(54)61-55(63)37-36-53-58-47-26-7-9-28-49(47)60(62(53)61)50-29-10-8-27-48(50)58/h1-39,58,60H. The Morgan fingerprint density at radius 3 is 1.63 bits per heavy atom. The average molecular weight is 860 g/mol. The van der Waals surface area contributed by atoms with Crippen LogP contribution in [0.4, 0.5) is 0 Å². The van der Waals surface area contributed by atoms with E-state index in [0.717, 1.165) is 0 Å². The number of benzene rings is 10. The third kappa shape index (κ3) is 5.19. The van der Waals surface area contributed by atoms with E-state index in [1.165, 1.54) is 113 Å². The zero-order chi connectivity index (χ0) is 42.6. The minimum absolute atomic E-state index is 0.179. The van der Waals surface area contributed by atoms with Crippen molar-refractivity contribution in [2.45, 2.75) is 11.8 Å². The number of thiophene rings is 1. The van der Waals surface area contributed by atoms with E-state index in [2.05, 4.69) is 241 Å². The molecule has 0 saturated heterocycles. The van der Waals surface area contributed by atoms with Gasteiger partial charge < -0.3 is 4.57 Å². The highest BCUT2D eigenvalue weighted by atomic mass is 32.1. The lowest BCUT2D eigenvalue weighted by Crippen LogP contribution is -2.74. The van der Waals surface area contributed by atoms with Gasteiger partial charge in [-0.3, -0.25) is 0 Å². The van der Waals surface area contributed by atoms with Crippen LogP contribution in [0.2, 0.25) is 0 Å². The van der Waals surface area contributed by atoms with E-state index in [0.29, 0.717) is 0 Å². The number of hydrogen-bond donors (Lipinski definition) is 0. The van der Waals surface area contributed by atoms with Crippen LogP contribution < -0.4 is 20.7 Å². The second-order valence-corrected chi connectivity index (χ2v) is 22.7. The highest BCUT2D eigenvalue weighted by Crippen LogP contribution is 2.58. The molecule has 0 radical (unpaired) electrons. The number of hydrogen-bond acceptors (Lipinski definition) is 1. The Labute approximate surface area is 383 Å². The van der Waals surface area contributed by atoms with E-state index in [9.17, 15) is 0 Å². The first-order valence-corrected chi connectivity index (χ1v) is 25.6. The summed E-state index contributed by atoms with van der Waals surface area (Å²) in [4.78, 5) is 0. The first-order chi connectivity index (χ1) is 32.3. The Morgan fingerprint density at radius 1 is 0.354 bits per heavy atom. The zero-order valence-corrected chi connectivity index (χ0v) is 37.3. The van der Waals surface area contributed by atoms with Gasteiger partial charge in [-0.2, -0.15) is 0 Å². The van der Waals surface area contributed by atoms with Gasteiger partial charge in [-0.15, -0.1) is 11.3 Å². The maximum absolute atomic E-state index is 2.97. The lowest BCUT2D eigenvalue weighted by molar-refractivity contribution is 0.761. The van der Waals surface area contributed by atoms with Gasteiger partial charge in [-0.25, -0.2) is 0 Å². The molecule has 15 rings (SSSR count). The highest BCUT2D eigenvalue weighted by molar-refractivity contribution is 7.26. The minimum atomic E-state index is -2.97. The lowest BCUT2D eigenvalue weighted by atomic mass is 9.60. The first kappa shape index (κ1) is 36.9. The molecule has 12 aromatic rings. The normalized spacial score (nSPS) is 15.1. The molecule has 0 spiro atoms. The lowest BCUT2D eigenvalue weighted by Gasteiger charge is -2.42. The van der Waals surface area contributed by atoms with E-state index in [1.807, 2.05) is 11.3 Å². The van der Waals surface area contributed by atoms with Crippen molar-refractivity contribution in [3.05, 3.63) is 270 Å². The molecule has 0 atom stereocenters. The number of nitrogens with zero attached hydrogens (tertiary/aromatic N) is 1. The van der Waals surface area contributed by atoms with Gasteiger partial charge in [-0.1, -0.05) is 200 Å². The topological polar surface area (TPSA) is 4.93 Å². The van der Waals surface area contributed by atoms with Crippen LogP contribution in [0.5, 0.6) is 0 Å². The second kappa shape index (κ2) is 14.2. The summed E-state index contributed by atoms with van der Waals surface area (Å²) in [5, 5.41) is 10.8. The molecule has 304 valence electrons. The SMILES string of the molecule is c1ccc([Si](c2ccccc2)(c2cccc(-c3cccc4sc5ccccc5c34)c2)c2cccc(-n3c4ccccc4c4c5c(ccc43)C3c4ccccc4C5c4ccccc43)c2)cc1. The van der Waals surface area contributed by atoms with Crippen LogP contribution in [0.15, 0.2) is 237 Å². The molecule has 3 aliphatic rings. The van der Waals surface area contributed by atoms with E-state index < -0.39 is 8.07 Å². The molecule has 0 unspecified atom stereocenters. The van der Waals surface area contributed by atoms with E-state index in [1.54, 1.807) is 0 Å². The molecule has 65 heavy (non-hydrogen) atoms. The second-order valence-electron chi connectivity index (χ2n) is 17.8. The number of rotatable bonds is 6. The van der Waals surface area contributed by atoms with Crippen LogP contribution in [0.25, 0.3) is 58.8 Å². The number of para-hydroxylation sites is 1. The summed E-state index contributed by atoms with van der Waals surface area (Å²) in [5.41, 5.74) is 14.9. The number of aromatic nitrogens is 1. The van der Waals surface area contributed by atoms with Gasteiger partial charge in [0.1, 0.15) is 0 Å². The molecule has 2 bridgehead atoms. The van der Waals surface area contributed by atoms with E-state index in [4.69, 9.17) is 0 Å². The van der Waals surface area contributed by atoms with Crippen molar-refractivity contribution in [3.8, 4) is 16.8 Å². The van der Waals surface area contributed by atoms with Crippen molar-refractivity contribution in [2.75, 3.05) is 0 Å². The fourth-order valence-electron chi connectivity index (χ4n) is 12.2. The van der Waals surface area contributed by atoms with Crippen LogP contribution >= 0.6 is 11.3 Å². The third-order valence-corrected chi connectivity index (χ3v) is 20.6. The van der Waals surface area contributed by atoms with Gasteiger partial charge in [0.05, 0.1) is 11.0 Å². The van der Waals surface area contributed by atoms with Crippen molar-refractivity contribution in [1.29, 1.82) is 0 Å². The van der Waals surface area contributed by atoms with Gasteiger partial charge in [0.25, 0.3) is 0 Å². The Hall–Kier alpha value is -7.56. The molecule has 3 aliphatic carbocycles. The Balaban J connectivity index is 1.02. The minimum Gasteiger partial charge on any atom is -0.309 e. The zero-order valence-electron chi connectivity index (χ0n) is 35.5. The summed E-state index contributed by atoms with van der Waals surface area (Å²) in [5.74, 6) is 0.403. The van der Waals surface area contributed by atoms with Crippen molar-refractivity contribution >= 4 is 82.1 Å². The molecule has 1 nitrogen and oxygen atoms in total. The van der Waals surface area contributed by atoms with E-state index >= 15 is 0 Å². The largest absolute Gasteiger partial charge is 0.309 e. The number of fused-ring (bicyclic) bond motifs is 6. The molecule has 0 amide bonds. The monoisotopic (exact) mass is 859 g/mol. The van der Waals surface area contributed by atoms with E-state index in [-0.39, 0.29) is 11.8 Å². The Morgan fingerprint density at radius 2 is 0.908 bits per heavy atom. The Bertz CT molecular complexity index is 3770. The van der Waals surface area contributed by atoms with Crippen LogP contribution in [0, 0.1) is 0 Å². The van der Waals surface area contributed by atoms with Gasteiger partial charge in [0, 0.05) is 48.5 Å². The maximum Gasteiger partial charge on any atom is 0.179 e. The van der Waals surface area contributed by atoms with Crippen LogP contribution in [0.1, 0.15) is 45.2 Å². The first-order valence-electron chi connectivity index (χ1n) is 22.7. The fraction of sp³-hybridized carbons (Fsp3) is 0.0323. The molecule has 3 heteroatoms. The van der Waals surface area contributed by atoms with Crippen LogP contribution in [-0.4, -0.2) is 12.6 Å². The molecule has 2 aromatic heterocycles. The molecular formula is C62H41NSSi. The summed E-state index contributed by atoms with van der Waals surface area (Å²) in [6, 6.07) is 89.9. The molecule has 10 aromatic carbocycles. The predicted molar refractivity (Wildman–Crippen MR) is 277 cm³/mol. The molecule has 0 saturated carbocycles. The summed E-state index contributed by atoms with van der Waals surface area (Å²) in [6.07, 6.45) is 0. The quantitative estimate of drug-likeness (QED) is 0.116. The molecule has 0 N–H and O–H groups in total. The summed E-state index contributed by atoms with van der Waals surface area (Å²) < 4.78 is 5.21. The van der Waals surface area contributed by atoms with Crippen molar-refractivity contribution in [1.82, 2.24) is 4.57 Å². The van der Waals surface area contributed by atoms with Gasteiger partial charge in [-0.05, 0) is 102 Å². The third-order valence-electron chi connectivity index (χ3n) is 14.7. The highest BCUT2D eigenvalue weighted by Gasteiger charge is 2.44. The molecule has 0 fully saturated rings. The van der Waals surface area contributed by atoms with Gasteiger partial charge in [0.15, 0.2) is 8.07 Å². The van der Waals surface area contributed by atoms with Crippen molar-refractivity contribution in [2.24, 2.45) is 0 Å². The molecule has 0 aliphatic heterocycles.